The number of thioether (sulfide) groups is 1. The number of carbonyl (C=O) groups excluding carboxylic acids is 1. The molecule has 0 bridgehead atoms. The molecule has 0 heterocycles. The molecule has 0 aliphatic carbocycles. The van der Waals surface area contributed by atoms with Gasteiger partial charge in [0.05, 0.1) is 6.04 Å². The molecule has 0 aliphatic rings. The van der Waals surface area contributed by atoms with Gasteiger partial charge in [-0.15, -0.1) is 12.4 Å². The lowest BCUT2D eigenvalue weighted by atomic mass is 10.1. The first-order valence-electron chi connectivity index (χ1n) is 7.92. The topological polar surface area (TPSA) is 64.4 Å². The Kier molecular flexibility index (Phi) is 9.42. The van der Waals surface area contributed by atoms with E-state index in [1.165, 1.54) is 5.56 Å². The number of ether oxygens (including phenoxy) is 1. The van der Waals surface area contributed by atoms with E-state index >= 15 is 0 Å². The second-order valence-corrected chi connectivity index (χ2v) is 6.67. The summed E-state index contributed by atoms with van der Waals surface area (Å²) in [6.07, 6.45) is 2.66. The minimum Gasteiger partial charge on any atom is -0.489 e. The van der Waals surface area contributed by atoms with Crippen LogP contribution in [0.3, 0.4) is 0 Å². The average molecular weight is 381 g/mol. The SMILES string of the molecule is CSCC[C@H](N)C(=O)Nc1cccc(OCc2cccc(C)c2)c1.Cl. The summed E-state index contributed by atoms with van der Waals surface area (Å²) >= 11 is 1.68. The van der Waals surface area contributed by atoms with Gasteiger partial charge in [-0.3, -0.25) is 4.79 Å². The molecular formula is C19H25ClN2O2S. The van der Waals surface area contributed by atoms with Gasteiger partial charge in [-0.2, -0.15) is 11.8 Å². The molecule has 136 valence electrons. The molecule has 0 unspecified atom stereocenters. The molecule has 0 radical (unpaired) electrons. The predicted molar refractivity (Wildman–Crippen MR) is 109 cm³/mol. The molecule has 0 fully saturated rings. The lowest BCUT2D eigenvalue weighted by Gasteiger charge is -2.13. The van der Waals surface area contributed by atoms with Crippen molar-refractivity contribution < 1.29 is 9.53 Å². The van der Waals surface area contributed by atoms with Gasteiger partial charge in [0.1, 0.15) is 12.4 Å². The smallest absolute Gasteiger partial charge is 0.241 e. The average Bonchev–Trinajstić information content (AvgIpc) is 2.58. The molecule has 2 rings (SSSR count). The number of hydrogen-bond donors (Lipinski definition) is 2. The van der Waals surface area contributed by atoms with Gasteiger partial charge in [0.15, 0.2) is 0 Å². The van der Waals surface area contributed by atoms with E-state index in [-0.39, 0.29) is 18.3 Å². The maximum atomic E-state index is 12.1. The lowest BCUT2D eigenvalue weighted by Crippen LogP contribution is -2.36. The number of nitrogens with one attached hydrogen (secondary N) is 1. The van der Waals surface area contributed by atoms with Crippen molar-refractivity contribution in [2.45, 2.75) is 26.0 Å². The van der Waals surface area contributed by atoms with Crippen molar-refractivity contribution in [2.75, 3.05) is 17.3 Å². The van der Waals surface area contributed by atoms with Crippen molar-refractivity contribution in [3.63, 3.8) is 0 Å². The van der Waals surface area contributed by atoms with Crippen molar-refractivity contribution in [1.82, 2.24) is 0 Å². The van der Waals surface area contributed by atoms with Gasteiger partial charge < -0.3 is 15.8 Å². The van der Waals surface area contributed by atoms with Crippen LogP contribution in [-0.2, 0) is 11.4 Å². The van der Waals surface area contributed by atoms with Gasteiger partial charge in [0.2, 0.25) is 5.91 Å². The second-order valence-electron chi connectivity index (χ2n) is 5.68. The first-order valence-corrected chi connectivity index (χ1v) is 9.31. The predicted octanol–water partition coefficient (Wildman–Crippen LogP) is 4.01. The van der Waals surface area contributed by atoms with E-state index in [9.17, 15) is 4.79 Å². The van der Waals surface area contributed by atoms with Crippen LogP contribution >= 0.6 is 24.2 Å². The normalized spacial score (nSPS) is 11.3. The quantitative estimate of drug-likeness (QED) is 0.726. The molecule has 4 nitrogen and oxygen atoms in total. The number of halogens is 1. The van der Waals surface area contributed by atoms with Gasteiger partial charge >= 0.3 is 0 Å². The minimum absolute atomic E-state index is 0. The Morgan fingerprint density at radius 3 is 2.72 bits per heavy atom. The van der Waals surface area contributed by atoms with Gasteiger partial charge in [-0.05, 0) is 43.0 Å². The van der Waals surface area contributed by atoms with E-state index in [1.807, 2.05) is 42.7 Å². The molecular weight excluding hydrogens is 356 g/mol. The highest BCUT2D eigenvalue weighted by Gasteiger charge is 2.13. The number of amides is 1. The number of benzene rings is 2. The van der Waals surface area contributed by atoms with Crippen molar-refractivity contribution in [1.29, 1.82) is 0 Å². The molecule has 1 atom stereocenters. The zero-order chi connectivity index (χ0) is 17.4. The van der Waals surface area contributed by atoms with Crippen LogP contribution < -0.4 is 15.8 Å². The van der Waals surface area contributed by atoms with Crippen LogP contribution in [0.15, 0.2) is 48.5 Å². The molecule has 0 saturated carbocycles. The van der Waals surface area contributed by atoms with Crippen molar-refractivity contribution in [3.8, 4) is 5.75 Å². The maximum absolute atomic E-state index is 12.1. The summed E-state index contributed by atoms with van der Waals surface area (Å²) in [5.41, 5.74) is 8.90. The van der Waals surface area contributed by atoms with Crippen LogP contribution in [0.4, 0.5) is 5.69 Å². The van der Waals surface area contributed by atoms with Crippen LogP contribution in [0, 0.1) is 6.92 Å². The Bertz CT molecular complexity index is 682. The van der Waals surface area contributed by atoms with Crippen LogP contribution in [0.25, 0.3) is 0 Å². The van der Waals surface area contributed by atoms with Gasteiger partial charge in [-0.1, -0.05) is 35.9 Å². The fourth-order valence-corrected chi connectivity index (χ4v) is 2.73. The molecule has 1 amide bonds. The summed E-state index contributed by atoms with van der Waals surface area (Å²) < 4.78 is 5.81. The van der Waals surface area contributed by atoms with E-state index in [0.29, 0.717) is 24.5 Å². The summed E-state index contributed by atoms with van der Waals surface area (Å²) in [5, 5.41) is 2.85. The zero-order valence-corrected chi connectivity index (χ0v) is 16.2. The number of hydrogen-bond acceptors (Lipinski definition) is 4. The zero-order valence-electron chi connectivity index (χ0n) is 14.5. The monoisotopic (exact) mass is 380 g/mol. The number of carbonyl (C=O) groups is 1. The number of aryl methyl sites for hydroxylation is 1. The lowest BCUT2D eigenvalue weighted by molar-refractivity contribution is -0.117. The first-order chi connectivity index (χ1) is 11.6. The van der Waals surface area contributed by atoms with Crippen molar-refractivity contribution in [2.24, 2.45) is 5.73 Å². The molecule has 3 N–H and O–H groups in total. The Hall–Kier alpha value is -1.69. The highest BCUT2D eigenvalue weighted by Crippen LogP contribution is 2.19. The molecule has 2 aromatic rings. The Morgan fingerprint density at radius 1 is 1.24 bits per heavy atom. The molecule has 25 heavy (non-hydrogen) atoms. The van der Waals surface area contributed by atoms with Crippen LogP contribution in [-0.4, -0.2) is 24.0 Å². The highest BCUT2D eigenvalue weighted by molar-refractivity contribution is 7.98. The summed E-state index contributed by atoms with van der Waals surface area (Å²) in [6, 6.07) is 15.1. The van der Waals surface area contributed by atoms with Gasteiger partial charge in [0.25, 0.3) is 0 Å². The minimum atomic E-state index is -0.491. The largest absolute Gasteiger partial charge is 0.489 e. The van der Waals surface area contributed by atoms with E-state index in [2.05, 4.69) is 24.4 Å². The van der Waals surface area contributed by atoms with E-state index in [0.717, 1.165) is 11.3 Å². The Balaban J connectivity index is 0.00000312. The molecule has 0 aliphatic heterocycles. The molecule has 0 aromatic heterocycles. The molecule has 0 saturated heterocycles. The fraction of sp³-hybridized carbons (Fsp3) is 0.316. The first kappa shape index (κ1) is 21.4. The van der Waals surface area contributed by atoms with Gasteiger partial charge in [-0.25, -0.2) is 0 Å². The van der Waals surface area contributed by atoms with E-state index in [4.69, 9.17) is 10.5 Å². The molecule has 6 heteroatoms. The summed E-state index contributed by atoms with van der Waals surface area (Å²) in [4.78, 5) is 12.1. The third-order valence-electron chi connectivity index (χ3n) is 3.56. The number of nitrogens with two attached hydrogens (primary N) is 1. The van der Waals surface area contributed by atoms with Crippen LogP contribution in [0.5, 0.6) is 5.75 Å². The molecule has 0 spiro atoms. The third-order valence-corrected chi connectivity index (χ3v) is 4.20. The van der Waals surface area contributed by atoms with E-state index in [1.54, 1.807) is 11.8 Å². The van der Waals surface area contributed by atoms with Crippen molar-refractivity contribution in [3.05, 3.63) is 59.7 Å². The summed E-state index contributed by atoms with van der Waals surface area (Å²) in [5.74, 6) is 1.42. The summed E-state index contributed by atoms with van der Waals surface area (Å²) in [7, 11) is 0. The summed E-state index contributed by atoms with van der Waals surface area (Å²) in [6.45, 7) is 2.55. The van der Waals surface area contributed by atoms with Gasteiger partial charge in [0, 0.05) is 11.8 Å². The third kappa shape index (κ3) is 7.38. The van der Waals surface area contributed by atoms with Crippen LogP contribution in [0.2, 0.25) is 0 Å². The van der Waals surface area contributed by atoms with Crippen LogP contribution in [0.1, 0.15) is 17.5 Å². The van der Waals surface area contributed by atoms with Crippen molar-refractivity contribution >= 4 is 35.8 Å². The molecule has 2 aromatic carbocycles. The second kappa shape index (κ2) is 11.0. The standard InChI is InChI=1S/C19H24N2O2S.ClH/c1-14-5-3-6-15(11-14)13-23-17-8-4-7-16(12-17)21-19(22)18(20)9-10-24-2;/h3-8,11-12,18H,9-10,13,20H2,1-2H3,(H,21,22);1H/t18-;/m0./s1. The maximum Gasteiger partial charge on any atom is 0.241 e. The number of rotatable bonds is 8. The number of anilines is 1. The Labute approximate surface area is 159 Å². The fourth-order valence-electron chi connectivity index (χ4n) is 2.24. The Morgan fingerprint density at radius 2 is 2.00 bits per heavy atom. The highest BCUT2D eigenvalue weighted by atomic mass is 35.5. The van der Waals surface area contributed by atoms with E-state index < -0.39 is 6.04 Å².